The smallest absolute Gasteiger partial charge is 0.222 e. The standard InChI is InChI=1S/C21H33N3O2/c1-15-17(8-6-10-22-15)12-23-19-9-5-4-7-16(19)11-20(25)24-13-18(14-24)21(2,3)26/h6,8,10,16,18-19,23,26H,4-5,7,9,11-14H2,1-3H3/t16-,19-/m0/s1. The van der Waals surface area contributed by atoms with E-state index < -0.39 is 5.60 Å². The van der Waals surface area contributed by atoms with Crippen LogP contribution in [0.25, 0.3) is 0 Å². The molecule has 144 valence electrons. The van der Waals surface area contributed by atoms with Gasteiger partial charge in [-0.25, -0.2) is 0 Å². The quantitative estimate of drug-likeness (QED) is 0.819. The summed E-state index contributed by atoms with van der Waals surface area (Å²) in [4.78, 5) is 18.9. The molecule has 0 bridgehead atoms. The van der Waals surface area contributed by atoms with Crippen molar-refractivity contribution in [1.29, 1.82) is 0 Å². The van der Waals surface area contributed by atoms with E-state index in [0.29, 0.717) is 31.5 Å². The van der Waals surface area contributed by atoms with Crippen molar-refractivity contribution < 1.29 is 9.90 Å². The van der Waals surface area contributed by atoms with Crippen LogP contribution < -0.4 is 5.32 Å². The molecule has 2 atom stereocenters. The zero-order chi connectivity index (χ0) is 18.7. The summed E-state index contributed by atoms with van der Waals surface area (Å²) in [5.74, 6) is 0.872. The highest BCUT2D eigenvalue weighted by Gasteiger charge is 2.40. The van der Waals surface area contributed by atoms with E-state index in [-0.39, 0.29) is 11.8 Å². The van der Waals surface area contributed by atoms with Gasteiger partial charge < -0.3 is 15.3 Å². The fourth-order valence-electron chi connectivity index (χ4n) is 4.15. The fourth-order valence-corrected chi connectivity index (χ4v) is 4.15. The molecule has 1 aliphatic carbocycles. The number of nitrogens with one attached hydrogen (secondary N) is 1. The van der Waals surface area contributed by atoms with Gasteiger partial charge in [0.05, 0.1) is 5.60 Å². The summed E-state index contributed by atoms with van der Waals surface area (Å²) in [7, 11) is 0. The van der Waals surface area contributed by atoms with Crippen molar-refractivity contribution >= 4 is 5.91 Å². The van der Waals surface area contributed by atoms with Gasteiger partial charge in [-0.2, -0.15) is 0 Å². The largest absolute Gasteiger partial charge is 0.390 e. The van der Waals surface area contributed by atoms with Crippen molar-refractivity contribution in [2.45, 2.75) is 71.1 Å². The molecule has 1 saturated carbocycles. The summed E-state index contributed by atoms with van der Waals surface area (Å²) in [5.41, 5.74) is 1.62. The maximum Gasteiger partial charge on any atom is 0.222 e. The topological polar surface area (TPSA) is 65.5 Å². The number of carbonyl (C=O) groups is 1. The lowest BCUT2D eigenvalue weighted by Crippen LogP contribution is -2.58. The Morgan fingerprint density at radius 3 is 2.77 bits per heavy atom. The molecule has 0 radical (unpaired) electrons. The molecule has 5 heteroatoms. The average molecular weight is 360 g/mol. The van der Waals surface area contributed by atoms with Crippen LogP contribution in [0, 0.1) is 18.8 Å². The first kappa shape index (κ1) is 19.3. The minimum Gasteiger partial charge on any atom is -0.390 e. The van der Waals surface area contributed by atoms with Gasteiger partial charge >= 0.3 is 0 Å². The number of pyridine rings is 1. The van der Waals surface area contributed by atoms with Gasteiger partial charge in [-0.05, 0) is 51.2 Å². The summed E-state index contributed by atoms with van der Waals surface area (Å²) in [6.07, 6.45) is 7.17. The van der Waals surface area contributed by atoms with Crippen molar-refractivity contribution in [2.75, 3.05) is 13.1 Å². The number of hydrogen-bond donors (Lipinski definition) is 2. The molecule has 1 aliphatic heterocycles. The van der Waals surface area contributed by atoms with Crippen LogP contribution in [0.5, 0.6) is 0 Å². The van der Waals surface area contributed by atoms with E-state index in [9.17, 15) is 9.90 Å². The first-order chi connectivity index (χ1) is 12.3. The Morgan fingerprint density at radius 2 is 2.08 bits per heavy atom. The minimum absolute atomic E-state index is 0.209. The average Bonchev–Trinajstić information content (AvgIpc) is 2.52. The van der Waals surface area contributed by atoms with E-state index in [2.05, 4.69) is 16.4 Å². The zero-order valence-electron chi connectivity index (χ0n) is 16.4. The number of hydrogen-bond acceptors (Lipinski definition) is 4. The van der Waals surface area contributed by atoms with Gasteiger partial charge in [0, 0.05) is 49.9 Å². The van der Waals surface area contributed by atoms with Gasteiger partial charge in [-0.15, -0.1) is 0 Å². The molecule has 1 amide bonds. The second kappa shape index (κ2) is 8.05. The van der Waals surface area contributed by atoms with Crippen molar-refractivity contribution in [3.63, 3.8) is 0 Å². The van der Waals surface area contributed by atoms with E-state index in [1.165, 1.54) is 18.4 Å². The van der Waals surface area contributed by atoms with Crippen LogP contribution in [0.15, 0.2) is 18.3 Å². The van der Waals surface area contributed by atoms with Gasteiger partial charge in [0.15, 0.2) is 0 Å². The Bertz CT molecular complexity index is 620. The van der Waals surface area contributed by atoms with Crippen LogP contribution in [0.1, 0.15) is 57.2 Å². The van der Waals surface area contributed by atoms with E-state index >= 15 is 0 Å². The number of carbonyl (C=O) groups excluding carboxylic acids is 1. The predicted octanol–water partition coefficient (Wildman–Crippen LogP) is 2.66. The number of rotatable bonds is 6. The molecule has 1 aromatic heterocycles. The summed E-state index contributed by atoms with van der Waals surface area (Å²) >= 11 is 0. The normalized spacial score (nSPS) is 24.4. The first-order valence-electron chi connectivity index (χ1n) is 9.98. The van der Waals surface area contributed by atoms with Crippen LogP contribution in [-0.4, -0.2) is 45.6 Å². The minimum atomic E-state index is -0.687. The lowest BCUT2D eigenvalue weighted by molar-refractivity contribution is -0.146. The van der Waals surface area contributed by atoms with Crippen molar-refractivity contribution in [3.8, 4) is 0 Å². The molecule has 1 saturated heterocycles. The van der Waals surface area contributed by atoms with Crippen molar-refractivity contribution in [3.05, 3.63) is 29.6 Å². The van der Waals surface area contributed by atoms with E-state index in [4.69, 9.17) is 0 Å². The van der Waals surface area contributed by atoms with Gasteiger partial charge in [0.2, 0.25) is 5.91 Å². The van der Waals surface area contributed by atoms with Crippen LogP contribution >= 0.6 is 0 Å². The summed E-state index contributed by atoms with van der Waals surface area (Å²) in [6, 6.07) is 4.50. The van der Waals surface area contributed by atoms with E-state index in [0.717, 1.165) is 25.1 Å². The van der Waals surface area contributed by atoms with Gasteiger partial charge in [-0.1, -0.05) is 18.9 Å². The van der Waals surface area contributed by atoms with Crippen LogP contribution in [0.4, 0.5) is 0 Å². The number of nitrogens with zero attached hydrogens (tertiary/aromatic N) is 2. The third-order valence-electron chi connectivity index (χ3n) is 6.25. The Kier molecular flexibility index (Phi) is 5.98. The molecule has 3 rings (SSSR count). The Hall–Kier alpha value is -1.46. The molecular formula is C21H33N3O2. The number of likely N-dealkylation sites (tertiary alicyclic amines) is 1. The Labute approximate surface area is 157 Å². The molecule has 1 aromatic rings. The third-order valence-corrected chi connectivity index (χ3v) is 6.25. The SMILES string of the molecule is Cc1ncccc1CN[C@H]1CCCC[C@H]1CC(=O)N1CC(C(C)(C)O)C1. The van der Waals surface area contributed by atoms with Crippen LogP contribution in [0.2, 0.25) is 0 Å². The van der Waals surface area contributed by atoms with Gasteiger partial charge in [-0.3, -0.25) is 9.78 Å². The fraction of sp³-hybridized carbons (Fsp3) is 0.714. The van der Waals surface area contributed by atoms with E-state index in [1.54, 1.807) is 0 Å². The van der Waals surface area contributed by atoms with E-state index in [1.807, 2.05) is 37.9 Å². The molecule has 2 fully saturated rings. The molecule has 2 N–H and O–H groups in total. The Morgan fingerprint density at radius 1 is 1.35 bits per heavy atom. The highest BCUT2D eigenvalue weighted by atomic mass is 16.3. The third kappa shape index (κ3) is 4.63. The zero-order valence-corrected chi connectivity index (χ0v) is 16.4. The highest BCUT2D eigenvalue weighted by molar-refractivity contribution is 5.77. The van der Waals surface area contributed by atoms with Gasteiger partial charge in [0.1, 0.15) is 0 Å². The lowest BCUT2D eigenvalue weighted by atomic mass is 9.80. The maximum atomic E-state index is 12.6. The molecule has 0 spiro atoms. The predicted molar refractivity (Wildman–Crippen MR) is 103 cm³/mol. The summed E-state index contributed by atoms with van der Waals surface area (Å²) in [5, 5.41) is 13.7. The summed E-state index contributed by atoms with van der Waals surface area (Å²) in [6.45, 7) is 7.92. The van der Waals surface area contributed by atoms with Crippen LogP contribution in [-0.2, 0) is 11.3 Å². The molecule has 26 heavy (non-hydrogen) atoms. The molecule has 0 aromatic carbocycles. The summed E-state index contributed by atoms with van der Waals surface area (Å²) < 4.78 is 0. The maximum absolute atomic E-state index is 12.6. The second-order valence-electron chi connectivity index (χ2n) is 8.63. The van der Waals surface area contributed by atoms with Crippen molar-refractivity contribution in [2.24, 2.45) is 11.8 Å². The van der Waals surface area contributed by atoms with Gasteiger partial charge in [0.25, 0.3) is 0 Å². The second-order valence-corrected chi connectivity index (χ2v) is 8.63. The molecular weight excluding hydrogens is 326 g/mol. The monoisotopic (exact) mass is 359 g/mol. The molecule has 0 unspecified atom stereocenters. The molecule has 2 aliphatic rings. The number of amides is 1. The first-order valence-corrected chi connectivity index (χ1v) is 9.98. The Balaban J connectivity index is 1.51. The highest BCUT2D eigenvalue weighted by Crippen LogP contribution is 2.31. The molecule has 5 nitrogen and oxygen atoms in total. The lowest BCUT2D eigenvalue weighted by Gasteiger charge is -2.46. The number of aryl methyl sites for hydroxylation is 1. The number of aliphatic hydroxyl groups is 1. The van der Waals surface area contributed by atoms with Crippen LogP contribution in [0.3, 0.4) is 0 Å². The molecule has 2 heterocycles. The number of aromatic nitrogens is 1. The van der Waals surface area contributed by atoms with Crippen molar-refractivity contribution in [1.82, 2.24) is 15.2 Å².